The average Bonchev–Trinajstić information content (AvgIpc) is 2.54. The molecule has 132 valence electrons. The SMILES string of the molecule is CCCCn1c(O)c(C(=O)C=Cc2c(Cl)cccc2Cl)c(=O)[nH]c1=O. The molecular weight excluding hydrogens is 367 g/mol. The molecule has 0 saturated carbocycles. The molecule has 0 aliphatic heterocycles. The highest BCUT2D eigenvalue weighted by atomic mass is 35.5. The fraction of sp³-hybridized carbons (Fsp3) is 0.235. The van der Waals surface area contributed by atoms with E-state index in [0.717, 1.165) is 17.1 Å². The van der Waals surface area contributed by atoms with Crippen LogP contribution in [0.15, 0.2) is 33.9 Å². The van der Waals surface area contributed by atoms with Crippen LogP contribution in [0.4, 0.5) is 0 Å². The third kappa shape index (κ3) is 4.21. The van der Waals surface area contributed by atoms with Crippen LogP contribution in [0.2, 0.25) is 10.0 Å². The van der Waals surface area contributed by atoms with Crippen LogP contribution in [-0.2, 0) is 6.54 Å². The molecule has 6 nitrogen and oxygen atoms in total. The number of carbonyl (C=O) groups is 1. The lowest BCUT2D eigenvalue weighted by atomic mass is 10.1. The van der Waals surface area contributed by atoms with Crippen molar-refractivity contribution in [1.82, 2.24) is 9.55 Å². The number of ketones is 1. The number of carbonyl (C=O) groups excluding carboxylic acids is 1. The average molecular weight is 383 g/mol. The number of aromatic hydroxyl groups is 1. The van der Waals surface area contributed by atoms with Crippen LogP contribution in [0.1, 0.15) is 35.7 Å². The van der Waals surface area contributed by atoms with Crippen molar-refractivity contribution in [3.8, 4) is 5.88 Å². The van der Waals surface area contributed by atoms with Gasteiger partial charge in [0.1, 0.15) is 5.56 Å². The van der Waals surface area contributed by atoms with Gasteiger partial charge in [-0.1, -0.05) is 42.6 Å². The molecular formula is C17H16Cl2N2O4. The third-order valence-electron chi connectivity index (χ3n) is 3.55. The normalized spacial score (nSPS) is 11.2. The summed E-state index contributed by atoms with van der Waals surface area (Å²) >= 11 is 12.0. The van der Waals surface area contributed by atoms with E-state index in [1.165, 1.54) is 6.08 Å². The topological polar surface area (TPSA) is 92.2 Å². The zero-order valence-corrected chi connectivity index (χ0v) is 14.9. The van der Waals surface area contributed by atoms with Crippen LogP contribution < -0.4 is 11.2 Å². The van der Waals surface area contributed by atoms with E-state index in [9.17, 15) is 19.5 Å². The van der Waals surface area contributed by atoms with Gasteiger partial charge in [0.15, 0.2) is 5.78 Å². The number of H-pyrrole nitrogens is 1. The van der Waals surface area contributed by atoms with Gasteiger partial charge >= 0.3 is 5.69 Å². The Labute approximate surface area is 153 Å². The molecule has 1 heterocycles. The number of aromatic nitrogens is 2. The molecule has 2 aromatic rings. The molecule has 1 aromatic carbocycles. The summed E-state index contributed by atoms with van der Waals surface area (Å²) in [6, 6.07) is 4.86. The Morgan fingerprint density at radius 3 is 2.52 bits per heavy atom. The van der Waals surface area contributed by atoms with Gasteiger partial charge in [-0.2, -0.15) is 0 Å². The van der Waals surface area contributed by atoms with Crippen molar-refractivity contribution in [3.05, 3.63) is 66.3 Å². The summed E-state index contributed by atoms with van der Waals surface area (Å²) in [5, 5.41) is 10.9. The van der Waals surface area contributed by atoms with Crippen molar-refractivity contribution in [1.29, 1.82) is 0 Å². The zero-order chi connectivity index (χ0) is 18.6. The van der Waals surface area contributed by atoms with Gasteiger partial charge < -0.3 is 5.11 Å². The summed E-state index contributed by atoms with van der Waals surface area (Å²) in [6.07, 6.45) is 3.82. The molecule has 25 heavy (non-hydrogen) atoms. The fourth-order valence-electron chi connectivity index (χ4n) is 2.22. The van der Waals surface area contributed by atoms with E-state index in [0.29, 0.717) is 22.0 Å². The van der Waals surface area contributed by atoms with Gasteiger partial charge in [0, 0.05) is 22.2 Å². The highest BCUT2D eigenvalue weighted by molar-refractivity contribution is 6.37. The van der Waals surface area contributed by atoms with Gasteiger partial charge in [0.25, 0.3) is 5.56 Å². The molecule has 0 radical (unpaired) electrons. The second kappa shape index (κ2) is 8.18. The Bertz CT molecular complexity index is 924. The highest BCUT2D eigenvalue weighted by Crippen LogP contribution is 2.25. The Hall–Kier alpha value is -2.31. The first-order chi connectivity index (χ1) is 11.9. The van der Waals surface area contributed by atoms with Crippen molar-refractivity contribution in [2.75, 3.05) is 0 Å². The molecule has 1 aromatic heterocycles. The Balaban J connectivity index is 2.44. The number of nitrogens with one attached hydrogen (secondary N) is 1. The van der Waals surface area contributed by atoms with Crippen molar-refractivity contribution in [2.45, 2.75) is 26.3 Å². The van der Waals surface area contributed by atoms with Crippen LogP contribution in [0, 0.1) is 0 Å². The Morgan fingerprint density at radius 2 is 1.92 bits per heavy atom. The first kappa shape index (κ1) is 19.0. The molecule has 2 rings (SSSR count). The van der Waals surface area contributed by atoms with Crippen molar-refractivity contribution in [3.63, 3.8) is 0 Å². The molecule has 0 amide bonds. The number of nitrogens with zero attached hydrogens (tertiary/aromatic N) is 1. The number of hydrogen-bond donors (Lipinski definition) is 2. The molecule has 0 bridgehead atoms. The third-order valence-corrected chi connectivity index (χ3v) is 4.21. The predicted molar refractivity (Wildman–Crippen MR) is 97.7 cm³/mol. The zero-order valence-electron chi connectivity index (χ0n) is 13.4. The number of rotatable bonds is 6. The van der Waals surface area contributed by atoms with Gasteiger partial charge in [0.05, 0.1) is 0 Å². The van der Waals surface area contributed by atoms with E-state index in [2.05, 4.69) is 0 Å². The maximum atomic E-state index is 12.4. The van der Waals surface area contributed by atoms with Crippen LogP contribution >= 0.6 is 23.2 Å². The van der Waals surface area contributed by atoms with Crippen LogP contribution in [0.3, 0.4) is 0 Å². The standard InChI is InChI=1S/C17H16Cl2N2O4/c1-2-3-9-21-16(24)14(15(23)20-17(21)25)13(22)8-7-10-11(18)5-4-6-12(10)19/h4-8,24H,2-3,9H2,1H3,(H,20,23,25). The molecule has 0 atom stereocenters. The van der Waals surface area contributed by atoms with Gasteiger partial charge in [-0.15, -0.1) is 0 Å². The van der Waals surface area contributed by atoms with E-state index in [1.54, 1.807) is 18.2 Å². The molecule has 0 unspecified atom stereocenters. The van der Waals surface area contributed by atoms with Crippen LogP contribution in [0.5, 0.6) is 5.88 Å². The monoisotopic (exact) mass is 382 g/mol. The summed E-state index contributed by atoms with van der Waals surface area (Å²) in [5.74, 6) is -1.41. The largest absolute Gasteiger partial charge is 0.494 e. The highest BCUT2D eigenvalue weighted by Gasteiger charge is 2.19. The minimum Gasteiger partial charge on any atom is -0.494 e. The lowest BCUT2D eigenvalue weighted by molar-refractivity contribution is 0.104. The summed E-state index contributed by atoms with van der Waals surface area (Å²) < 4.78 is 0.967. The fourth-order valence-corrected chi connectivity index (χ4v) is 2.74. The van der Waals surface area contributed by atoms with Crippen molar-refractivity contribution < 1.29 is 9.90 Å². The second-order valence-electron chi connectivity index (χ2n) is 5.30. The molecule has 8 heteroatoms. The minimum atomic E-state index is -0.949. The summed E-state index contributed by atoms with van der Waals surface area (Å²) in [6.45, 7) is 2.11. The Morgan fingerprint density at radius 1 is 1.28 bits per heavy atom. The number of unbranched alkanes of at least 4 members (excludes halogenated alkanes) is 1. The Kier molecular flexibility index (Phi) is 6.22. The quantitative estimate of drug-likeness (QED) is 0.592. The number of benzene rings is 1. The summed E-state index contributed by atoms with van der Waals surface area (Å²) in [5.41, 5.74) is -1.80. The number of allylic oxidation sites excluding steroid dienone is 1. The maximum absolute atomic E-state index is 12.4. The van der Waals surface area contributed by atoms with E-state index in [-0.39, 0.29) is 6.54 Å². The second-order valence-corrected chi connectivity index (χ2v) is 6.11. The van der Waals surface area contributed by atoms with Crippen LogP contribution in [-0.4, -0.2) is 20.4 Å². The minimum absolute atomic E-state index is 0.193. The van der Waals surface area contributed by atoms with E-state index in [4.69, 9.17) is 23.2 Å². The first-order valence-electron chi connectivity index (χ1n) is 7.59. The first-order valence-corrected chi connectivity index (χ1v) is 8.35. The number of halogens is 2. The molecule has 0 aliphatic rings. The van der Waals surface area contributed by atoms with E-state index in [1.807, 2.05) is 11.9 Å². The smallest absolute Gasteiger partial charge is 0.331 e. The lowest BCUT2D eigenvalue weighted by Gasteiger charge is -2.09. The van der Waals surface area contributed by atoms with Gasteiger partial charge in [-0.25, -0.2) is 4.79 Å². The van der Waals surface area contributed by atoms with Crippen molar-refractivity contribution >= 4 is 35.1 Å². The molecule has 0 fully saturated rings. The molecule has 0 aliphatic carbocycles. The van der Waals surface area contributed by atoms with Gasteiger partial charge in [0.2, 0.25) is 5.88 Å². The van der Waals surface area contributed by atoms with E-state index < -0.39 is 28.5 Å². The van der Waals surface area contributed by atoms with Gasteiger partial charge in [-0.05, 0) is 30.7 Å². The predicted octanol–water partition coefficient (Wildman–Crippen LogP) is 3.25. The van der Waals surface area contributed by atoms with E-state index >= 15 is 0 Å². The number of aromatic amines is 1. The lowest BCUT2D eigenvalue weighted by Crippen LogP contribution is -2.33. The van der Waals surface area contributed by atoms with Crippen molar-refractivity contribution in [2.24, 2.45) is 0 Å². The maximum Gasteiger partial charge on any atom is 0.331 e. The van der Waals surface area contributed by atoms with Crippen LogP contribution in [0.25, 0.3) is 6.08 Å². The summed E-state index contributed by atoms with van der Waals surface area (Å²) in [4.78, 5) is 38.1. The number of hydrogen-bond acceptors (Lipinski definition) is 4. The molecule has 2 N–H and O–H groups in total. The molecule has 0 saturated heterocycles. The van der Waals surface area contributed by atoms with Gasteiger partial charge in [-0.3, -0.25) is 19.1 Å². The molecule has 0 spiro atoms. The summed E-state index contributed by atoms with van der Waals surface area (Å²) in [7, 11) is 0.